The smallest absolute Gasteiger partial charge is 0.323 e. The number of amides is 2. The van der Waals surface area contributed by atoms with Crippen molar-refractivity contribution in [2.75, 3.05) is 4.90 Å². The number of benzene rings is 2. The third-order valence-corrected chi connectivity index (χ3v) is 6.18. The first-order valence-electron chi connectivity index (χ1n) is 6.17. The Kier molecular flexibility index (Phi) is 3.56. The fraction of sp³-hybridized carbons (Fsp3) is 0.133. The van der Waals surface area contributed by atoms with Crippen LogP contribution in [0.2, 0.25) is 0 Å². The molecule has 1 aliphatic heterocycles. The Labute approximate surface area is 134 Å². The second-order valence-corrected chi connectivity index (χ2v) is 6.57. The van der Waals surface area contributed by atoms with Gasteiger partial charge in [-0.3, -0.25) is 4.90 Å². The molecule has 0 bridgehead atoms. The van der Waals surface area contributed by atoms with Crippen molar-refractivity contribution in [1.82, 2.24) is 0 Å². The largest absolute Gasteiger partial charge is 0.351 e. The van der Waals surface area contributed by atoms with Crippen LogP contribution in [0.15, 0.2) is 48.5 Å². The van der Waals surface area contributed by atoms with Gasteiger partial charge in [0.15, 0.2) is 0 Å². The van der Waals surface area contributed by atoms with Crippen LogP contribution in [0.1, 0.15) is 20.8 Å². The number of nitrogens with zero attached hydrogens (tertiary/aromatic N) is 1. The maximum atomic E-state index is 12.0. The summed E-state index contributed by atoms with van der Waals surface area (Å²) in [4.78, 5) is 13.7. The number of halogens is 2. The van der Waals surface area contributed by atoms with Gasteiger partial charge in [0.05, 0.1) is 21.0 Å². The van der Waals surface area contributed by atoms with Crippen molar-refractivity contribution < 1.29 is 4.79 Å². The Bertz CT molecular complexity index is 623. The van der Waals surface area contributed by atoms with E-state index >= 15 is 0 Å². The molecule has 2 amide bonds. The first-order chi connectivity index (χ1) is 9.61. The first kappa shape index (κ1) is 13.6. The van der Waals surface area contributed by atoms with E-state index < -0.39 is 6.03 Å². The monoisotopic (exact) mass is 394 g/mol. The van der Waals surface area contributed by atoms with E-state index in [2.05, 4.69) is 31.9 Å². The molecule has 0 aliphatic carbocycles. The van der Waals surface area contributed by atoms with Crippen LogP contribution in [-0.4, -0.2) is 6.03 Å². The molecule has 0 aromatic heterocycles. The predicted molar refractivity (Wildman–Crippen MR) is 87.9 cm³/mol. The fourth-order valence-corrected chi connectivity index (χ4v) is 3.88. The summed E-state index contributed by atoms with van der Waals surface area (Å²) in [7, 11) is 0. The fourth-order valence-electron chi connectivity index (χ4n) is 2.53. The number of carbonyl (C=O) groups is 1. The highest BCUT2D eigenvalue weighted by molar-refractivity contribution is 9.12. The Morgan fingerprint density at radius 1 is 0.900 bits per heavy atom. The van der Waals surface area contributed by atoms with E-state index in [4.69, 9.17) is 5.73 Å². The highest BCUT2D eigenvalue weighted by atomic mass is 79.9. The molecule has 3 rings (SSSR count). The number of carbonyl (C=O) groups excluding carboxylic acids is 1. The van der Waals surface area contributed by atoms with Crippen molar-refractivity contribution >= 4 is 49.3 Å². The molecule has 2 aromatic rings. The standard InChI is InChI=1S/C15H12Br2N2O/c16-13-9-5-1-3-7-11(9)19(15(18)20)12-8-4-2-6-10(12)14(13)17/h1-8,13-14H,(H2,18,20)/t13-,14-/m1/s1. The molecule has 0 saturated heterocycles. The van der Waals surface area contributed by atoms with Crippen LogP contribution < -0.4 is 10.6 Å². The minimum Gasteiger partial charge on any atom is -0.351 e. The number of hydrogen-bond acceptors (Lipinski definition) is 1. The van der Waals surface area contributed by atoms with Crippen LogP contribution in [0, 0.1) is 0 Å². The second kappa shape index (κ2) is 5.22. The maximum Gasteiger partial charge on any atom is 0.323 e. The molecule has 2 aromatic carbocycles. The van der Waals surface area contributed by atoms with Gasteiger partial charge in [0.25, 0.3) is 0 Å². The molecule has 2 atom stereocenters. The Morgan fingerprint density at radius 2 is 1.30 bits per heavy atom. The second-order valence-electron chi connectivity index (χ2n) is 4.59. The third-order valence-electron chi connectivity index (χ3n) is 3.43. The van der Waals surface area contributed by atoms with E-state index in [1.54, 1.807) is 4.90 Å². The van der Waals surface area contributed by atoms with Crippen molar-refractivity contribution in [3.8, 4) is 0 Å². The Balaban J connectivity index is 2.33. The number of rotatable bonds is 0. The zero-order valence-electron chi connectivity index (χ0n) is 10.5. The SMILES string of the molecule is NC(=O)N1c2ccccc2[C@@H](Br)[C@H](Br)c2ccccc21. The third kappa shape index (κ3) is 2.05. The minimum atomic E-state index is -0.480. The number of primary amides is 1. The zero-order chi connectivity index (χ0) is 14.3. The summed E-state index contributed by atoms with van der Waals surface area (Å²) in [6.07, 6.45) is 0. The van der Waals surface area contributed by atoms with Crippen molar-refractivity contribution in [2.24, 2.45) is 5.73 Å². The number of nitrogens with two attached hydrogens (primary N) is 1. The summed E-state index contributed by atoms with van der Waals surface area (Å²) < 4.78 is 0. The molecule has 20 heavy (non-hydrogen) atoms. The van der Waals surface area contributed by atoms with Gasteiger partial charge in [-0.2, -0.15) is 0 Å². The van der Waals surface area contributed by atoms with Crippen molar-refractivity contribution in [2.45, 2.75) is 9.65 Å². The maximum absolute atomic E-state index is 12.0. The lowest BCUT2D eigenvalue weighted by atomic mass is 10.0. The summed E-state index contributed by atoms with van der Waals surface area (Å²) in [6.45, 7) is 0. The van der Waals surface area contributed by atoms with Crippen LogP contribution in [0.3, 0.4) is 0 Å². The van der Waals surface area contributed by atoms with Gasteiger partial charge in [-0.25, -0.2) is 4.79 Å². The lowest BCUT2D eigenvalue weighted by Crippen LogP contribution is -2.32. The van der Waals surface area contributed by atoms with Gasteiger partial charge in [0, 0.05) is 0 Å². The van der Waals surface area contributed by atoms with E-state index in [0.29, 0.717) is 0 Å². The highest BCUT2D eigenvalue weighted by Crippen LogP contribution is 2.52. The number of anilines is 2. The highest BCUT2D eigenvalue weighted by Gasteiger charge is 2.33. The Hall–Kier alpha value is -1.33. The van der Waals surface area contributed by atoms with Crippen LogP contribution in [0.4, 0.5) is 16.2 Å². The number of alkyl halides is 2. The van der Waals surface area contributed by atoms with Crippen LogP contribution >= 0.6 is 31.9 Å². The van der Waals surface area contributed by atoms with Crippen molar-refractivity contribution in [3.05, 3.63) is 59.7 Å². The van der Waals surface area contributed by atoms with E-state index in [9.17, 15) is 4.79 Å². The zero-order valence-corrected chi connectivity index (χ0v) is 13.6. The molecular weight excluding hydrogens is 384 g/mol. The molecule has 1 heterocycles. The van der Waals surface area contributed by atoms with Gasteiger partial charge in [0.2, 0.25) is 0 Å². The van der Waals surface area contributed by atoms with Gasteiger partial charge in [-0.1, -0.05) is 68.3 Å². The number of fused-ring (bicyclic) bond motifs is 2. The number of hydrogen-bond donors (Lipinski definition) is 1. The minimum absolute atomic E-state index is 0.0594. The molecule has 0 unspecified atom stereocenters. The van der Waals surface area contributed by atoms with Gasteiger partial charge < -0.3 is 5.73 Å². The quantitative estimate of drug-likeness (QED) is 0.640. The first-order valence-corrected chi connectivity index (χ1v) is 8.00. The van der Waals surface area contributed by atoms with Gasteiger partial charge in [-0.15, -0.1) is 0 Å². The molecule has 102 valence electrons. The van der Waals surface area contributed by atoms with E-state index in [0.717, 1.165) is 22.5 Å². The number of urea groups is 1. The van der Waals surface area contributed by atoms with E-state index in [1.165, 1.54) is 0 Å². The molecule has 5 heteroatoms. The molecule has 0 saturated carbocycles. The normalized spacial score (nSPS) is 20.8. The lowest BCUT2D eigenvalue weighted by Gasteiger charge is -2.22. The molecule has 3 nitrogen and oxygen atoms in total. The molecule has 0 spiro atoms. The van der Waals surface area contributed by atoms with Crippen LogP contribution in [-0.2, 0) is 0 Å². The van der Waals surface area contributed by atoms with Crippen molar-refractivity contribution in [1.29, 1.82) is 0 Å². The van der Waals surface area contributed by atoms with Gasteiger partial charge in [-0.05, 0) is 23.3 Å². The average molecular weight is 396 g/mol. The molecule has 2 N–H and O–H groups in total. The summed E-state index contributed by atoms with van der Waals surface area (Å²) in [5.74, 6) is 0. The van der Waals surface area contributed by atoms with E-state index in [-0.39, 0.29) is 9.65 Å². The average Bonchev–Trinajstić information content (AvgIpc) is 2.55. The molecule has 1 aliphatic rings. The summed E-state index contributed by atoms with van der Waals surface area (Å²) in [5.41, 5.74) is 9.31. The Morgan fingerprint density at radius 3 is 1.70 bits per heavy atom. The molecule has 0 radical (unpaired) electrons. The predicted octanol–water partition coefficient (Wildman–Crippen LogP) is 4.79. The molecule has 0 fully saturated rings. The summed E-state index contributed by atoms with van der Waals surface area (Å²) in [6, 6.07) is 15.1. The van der Waals surface area contributed by atoms with Crippen LogP contribution in [0.5, 0.6) is 0 Å². The number of para-hydroxylation sites is 2. The summed E-state index contributed by atoms with van der Waals surface area (Å²) >= 11 is 7.45. The van der Waals surface area contributed by atoms with Gasteiger partial charge in [0.1, 0.15) is 0 Å². The van der Waals surface area contributed by atoms with Gasteiger partial charge >= 0.3 is 6.03 Å². The van der Waals surface area contributed by atoms with E-state index in [1.807, 2.05) is 48.5 Å². The van der Waals surface area contributed by atoms with Crippen molar-refractivity contribution in [3.63, 3.8) is 0 Å². The lowest BCUT2D eigenvalue weighted by molar-refractivity contribution is 0.256. The topological polar surface area (TPSA) is 46.3 Å². The van der Waals surface area contributed by atoms with Crippen LogP contribution in [0.25, 0.3) is 0 Å². The summed E-state index contributed by atoms with van der Waals surface area (Å²) in [5, 5.41) is 0. The molecular formula is C15H12Br2N2O.